The van der Waals surface area contributed by atoms with E-state index < -0.39 is 5.60 Å². The highest BCUT2D eigenvalue weighted by atomic mass is 16.6. The summed E-state index contributed by atoms with van der Waals surface area (Å²) in [6.07, 6.45) is 6.96. The zero-order valence-electron chi connectivity index (χ0n) is 14.6. The molecule has 0 aliphatic carbocycles. The molecule has 1 saturated heterocycles. The highest BCUT2D eigenvalue weighted by Crippen LogP contribution is 2.30. The molecule has 0 aromatic rings. The summed E-state index contributed by atoms with van der Waals surface area (Å²) in [5.74, 6) is 2.13. The van der Waals surface area contributed by atoms with Crippen LogP contribution in [0, 0.1) is 12.3 Å². The van der Waals surface area contributed by atoms with Crippen LogP contribution in [0.2, 0.25) is 0 Å². The van der Waals surface area contributed by atoms with Gasteiger partial charge >= 0.3 is 6.09 Å². The monoisotopic (exact) mass is 324 g/mol. The Morgan fingerprint density at radius 3 is 2.39 bits per heavy atom. The molecule has 0 radical (unpaired) electrons. The number of hydrogen-bond acceptors (Lipinski definition) is 4. The predicted molar refractivity (Wildman–Crippen MR) is 87.9 cm³/mol. The van der Waals surface area contributed by atoms with Crippen LogP contribution in [0.3, 0.4) is 0 Å². The molecule has 0 saturated carbocycles. The van der Waals surface area contributed by atoms with Crippen LogP contribution < -0.4 is 5.32 Å². The molecular weight excluding hydrogens is 296 g/mol. The summed E-state index contributed by atoms with van der Waals surface area (Å²) in [5.41, 5.74) is -0.867. The number of rotatable bonds is 5. The number of nitrogens with one attached hydrogen (secondary N) is 1. The second kappa shape index (κ2) is 8.21. The van der Waals surface area contributed by atoms with Gasteiger partial charge in [0, 0.05) is 13.1 Å². The SMILES string of the molecule is C#CCNC(=O)COC1(CC)CCN(C(=O)OC(C)(C)C)CC1. The Hall–Kier alpha value is -1.74. The molecule has 23 heavy (non-hydrogen) atoms. The van der Waals surface area contributed by atoms with Gasteiger partial charge in [-0.25, -0.2) is 4.79 Å². The van der Waals surface area contributed by atoms with Crippen molar-refractivity contribution in [3.05, 3.63) is 0 Å². The molecule has 2 amide bonds. The van der Waals surface area contributed by atoms with Crippen molar-refractivity contribution in [3.63, 3.8) is 0 Å². The number of hydrogen-bond donors (Lipinski definition) is 1. The van der Waals surface area contributed by atoms with Crippen molar-refractivity contribution < 1.29 is 19.1 Å². The number of ether oxygens (including phenoxy) is 2. The van der Waals surface area contributed by atoms with Gasteiger partial charge in [0.15, 0.2) is 0 Å². The van der Waals surface area contributed by atoms with E-state index in [9.17, 15) is 9.59 Å². The largest absolute Gasteiger partial charge is 0.444 e. The molecule has 1 aliphatic heterocycles. The van der Waals surface area contributed by atoms with Gasteiger partial charge in [0.2, 0.25) is 5.91 Å². The topological polar surface area (TPSA) is 67.9 Å². The summed E-state index contributed by atoms with van der Waals surface area (Å²) in [5, 5.41) is 2.58. The number of terminal acetylenes is 1. The minimum absolute atomic E-state index is 0.0119. The molecule has 1 fully saturated rings. The third-order valence-electron chi connectivity index (χ3n) is 3.87. The van der Waals surface area contributed by atoms with E-state index in [0.717, 1.165) is 6.42 Å². The zero-order valence-corrected chi connectivity index (χ0v) is 14.6. The van der Waals surface area contributed by atoms with Gasteiger partial charge in [-0.15, -0.1) is 6.42 Å². The Balaban J connectivity index is 2.48. The Kier molecular flexibility index (Phi) is 6.89. The first-order valence-electron chi connectivity index (χ1n) is 8.03. The zero-order chi connectivity index (χ0) is 17.5. The lowest BCUT2D eigenvalue weighted by Gasteiger charge is -2.41. The lowest BCUT2D eigenvalue weighted by atomic mass is 9.88. The van der Waals surface area contributed by atoms with Gasteiger partial charge in [0.25, 0.3) is 0 Å². The van der Waals surface area contributed by atoms with Gasteiger partial charge < -0.3 is 19.7 Å². The quantitative estimate of drug-likeness (QED) is 0.785. The highest BCUT2D eigenvalue weighted by molar-refractivity contribution is 5.77. The van der Waals surface area contributed by atoms with Crippen LogP contribution in [0.15, 0.2) is 0 Å². The van der Waals surface area contributed by atoms with Crippen molar-refractivity contribution in [1.29, 1.82) is 0 Å². The molecule has 0 spiro atoms. The number of carbonyl (C=O) groups is 2. The lowest BCUT2D eigenvalue weighted by molar-refractivity contribution is -0.138. The first kappa shape index (κ1) is 19.3. The number of piperidine rings is 1. The fraction of sp³-hybridized carbons (Fsp3) is 0.765. The van der Waals surface area contributed by atoms with E-state index in [4.69, 9.17) is 15.9 Å². The molecule has 0 aromatic heterocycles. The van der Waals surface area contributed by atoms with Gasteiger partial charge in [0.1, 0.15) is 12.2 Å². The van der Waals surface area contributed by atoms with Crippen LogP contribution in [0.25, 0.3) is 0 Å². The fourth-order valence-electron chi connectivity index (χ4n) is 2.44. The van der Waals surface area contributed by atoms with E-state index in [1.165, 1.54) is 0 Å². The van der Waals surface area contributed by atoms with Gasteiger partial charge in [-0.05, 0) is 40.0 Å². The first-order chi connectivity index (χ1) is 10.7. The lowest BCUT2D eigenvalue weighted by Crippen LogP contribution is -2.50. The van der Waals surface area contributed by atoms with Crippen molar-refractivity contribution in [2.45, 2.75) is 58.2 Å². The van der Waals surface area contributed by atoms with Crippen LogP contribution in [-0.2, 0) is 14.3 Å². The summed E-state index contributed by atoms with van der Waals surface area (Å²) in [7, 11) is 0. The summed E-state index contributed by atoms with van der Waals surface area (Å²) in [6, 6.07) is 0. The molecule has 1 N–H and O–H groups in total. The third-order valence-corrected chi connectivity index (χ3v) is 3.87. The molecule has 0 bridgehead atoms. The van der Waals surface area contributed by atoms with Crippen LogP contribution in [0.1, 0.15) is 47.0 Å². The Morgan fingerprint density at radius 1 is 1.30 bits per heavy atom. The standard InChI is InChI=1S/C17H28N2O4/c1-6-10-18-14(20)13-22-17(7-2)8-11-19(12-9-17)15(21)23-16(3,4)5/h1H,7-13H2,2-5H3,(H,18,20). The molecule has 1 rings (SSSR count). The smallest absolute Gasteiger partial charge is 0.410 e. The summed E-state index contributed by atoms with van der Waals surface area (Å²) < 4.78 is 11.2. The maximum atomic E-state index is 12.1. The average Bonchev–Trinajstić information content (AvgIpc) is 2.49. The van der Waals surface area contributed by atoms with E-state index in [0.29, 0.717) is 25.9 Å². The van der Waals surface area contributed by atoms with Crippen molar-refractivity contribution in [2.75, 3.05) is 26.2 Å². The van der Waals surface area contributed by atoms with E-state index in [2.05, 4.69) is 11.2 Å². The second-order valence-electron chi connectivity index (χ2n) is 6.77. The first-order valence-corrected chi connectivity index (χ1v) is 8.03. The molecule has 1 aliphatic rings. The Bertz CT molecular complexity index is 454. The molecule has 130 valence electrons. The maximum absolute atomic E-state index is 12.1. The second-order valence-corrected chi connectivity index (χ2v) is 6.77. The summed E-state index contributed by atoms with van der Waals surface area (Å²) in [6.45, 7) is 8.90. The van der Waals surface area contributed by atoms with E-state index in [1.54, 1.807) is 4.90 Å². The van der Waals surface area contributed by atoms with Crippen molar-refractivity contribution in [2.24, 2.45) is 0 Å². The van der Waals surface area contributed by atoms with E-state index in [1.807, 2.05) is 27.7 Å². The number of likely N-dealkylation sites (tertiary alicyclic amines) is 1. The molecule has 0 unspecified atom stereocenters. The minimum Gasteiger partial charge on any atom is -0.444 e. The molecule has 0 atom stereocenters. The van der Waals surface area contributed by atoms with Crippen molar-refractivity contribution >= 4 is 12.0 Å². The van der Waals surface area contributed by atoms with Gasteiger partial charge in [0.05, 0.1) is 12.1 Å². The van der Waals surface area contributed by atoms with E-state index in [-0.39, 0.29) is 30.8 Å². The normalized spacial score (nSPS) is 17.3. The third kappa shape index (κ3) is 6.49. The molecule has 6 nitrogen and oxygen atoms in total. The maximum Gasteiger partial charge on any atom is 0.410 e. The predicted octanol–water partition coefficient (Wildman–Crippen LogP) is 1.93. The molecule has 0 aromatic carbocycles. The minimum atomic E-state index is -0.498. The van der Waals surface area contributed by atoms with Crippen molar-refractivity contribution in [3.8, 4) is 12.3 Å². The van der Waals surface area contributed by atoms with E-state index >= 15 is 0 Å². The van der Waals surface area contributed by atoms with Gasteiger partial charge in [-0.1, -0.05) is 12.8 Å². The number of amides is 2. The van der Waals surface area contributed by atoms with Gasteiger partial charge in [-0.3, -0.25) is 4.79 Å². The Labute approximate surface area is 138 Å². The molecular formula is C17H28N2O4. The van der Waals surface area contributed by atoms with Crippen LogP contribution >= 0.6 is 0 Å². The van der Waals surface area contributed by atoms with Crippen LogP contribution in [-0.4, -0.2) is 54.3 Å². The Morgan fingerprint density at radius 2 is 1.91 bits per heavy atom. The number of carbonyl (C=O) groups excluding carboxylic acids is 2. The summed E-state index contributed by atoms with van der Waals surface area (Å²) >= 11 is 0. The fourth-order valence-corrected chi connectivity index (χ4v) is 2.44. The molecule has 1 heterocycles. The molecule has 6 heteroatoms. The highest BCUT2D eigenvalue weighted by Gasteiger charge is 2.37. The van der Waals surface area contributed by atoms with Crippen LogP contribution in [0.4, 0.5) is 4.79 Å². The van der Waals surface area contributed by atoms with Crippen LogP contribution in [0.5, 0.6) is 0 Å². The van der Waals surface area contributed by atoms with Crippen molar-refractivity contribution in [1.82, 2.24) is 10.2 Å². The van der Waals surface area contributed by atoms with Gasteiger partial charge in [-0.2, -0.15) is 0 Å². The average molecular weight is 324 g/mol. The number of nitrogens with zero attached hydrogens (tertiary/aromatic N) is 1. The summed E-state index contributed by atoms with van der Waals surface area (Å²) in [4.78, 5) is 25.4.